The lowest BCUT2D eigenvalue weighted by Gasteiger charge is -2.27. The van der Waals surface area contributed by atoms with Gasteiger partial charge in [-0.3, -0.25) is 43.2 Å². The number of nitrogens with two attached hydrogens (primary N) is 1. The standard InChI is InChI=1S/C42H59N9O14S2/c1-3-22(2)35(41(63)48-29(15-23-7-5-4-6-8-23)40(62)50-31(21-67)42(64)65)51-33(55)18-45-38(60)30(19-52)49-39(61)27(13-14-34(56)57)46-32(54)17-44-37(59)28(47-36(58)26(43)20-66)16-24-9-11-25(53)12-10-24/h4-12,22,26-31,35,52-53,66-67H,3,13-21,43H2,1-2H3,(H,44,59)(H,45,60)(H,46,54)(H,47,58)(H,48,63)(H,49,61)(H,50,62)(H,51,55)(H,56,57)(H,64,65)/t22-,26-,27-,28-,29-,30-,31-,35-/m0/s1. The molecule has 0 aliphatic carbocycles. The van der Waals surface area contributed by atoms with Crippen molar-refractivity contribution in [3.05, 3.63) is 65.7 Å². The van der Waals surface area contributed by atoms with E-state index in [-0.39, 0.29) is 30.1 Å². The third-order valence-electron chi connectivity index (χ3n) is 10.0. The number of carboxylic acid groups (broad SMARTS) is 2. The molecule has 25 heteroatoms. The van der Waals surface area contributed by atoms with Crippen molar-refractivity contribution >= 4 is 84.5 Å². The molecule has 14 N–H and O–H groups in total. The van der Waals surface area contributed by atoms with Crippen LogP contribution >= 0.6 is 25.3 Å². The first-order valence-electron chi connectivity index (χ1n) is 20.9. The van der Waals surface area contributed by atoms with Crippen molar-refractivity contribution < 1.29 is 68.4 Å². The number of aliphatic hydroxyl groups excluding tert-OH is 1. The van der Waals surface area contributed by atoms with Gasteiger partial charge in [-0.05, 0) is 35.6 Å². The van der Waals surface area contributed by atoms with Crippen molar-refractivity contribution in [1.82, 2.24) is 42.5 Å². The average molecular weight is 978 g/mol. The molecule has 0 fully saturated rings. The van der Waals surface area contributed by atoms with Crippen LogP contribution in [-0.4, -0.2) is 153 Å². The maximum atomic E-state index is 13.7. The summed E-state index contributed by atoms with van der Waals surface area (Å²) >= 11 is 7.95. The molecule has 0 bridgehead atoms. The molecular formula is C42H59N9O14S2. The summed E-state index contributed by atoms with van der Waals surface area (Å²) in [5, 5.41) is 57.2. The number of hydrogen-bond donors (Lipinski definition) is 15. The van der Waals surface area contributed by atoms with E-state index >= 15 is 0 Å². The second kappa shape index (κ2) is 29.3. The SMILES string of the molecule is CC[C@H](C)[C@H](NC(=O)CNC(=O)[C@H](CO)NC(=O)[C@H](CCC(=O)O)NC(=O)CNC(=O)[C@H](Cc1ccc(O)cc1)NC(=O)[C@@H](N)CS)C(=O)N[C@@H](Cc1ccccc1)C(=O)N[C@@H](CS)C(=O)O. The highest BCUT2D eigenvalue weighted by Crippen LogP contribution is 2.13. The second-order valence-electron chi connectivity index (χ2n) is 15.2. The molecule has 8 amide bonds. The zero-order valence-electron chi connectivity index (χ0n) is 36.7. The maximum absolute atomic E-state index is 13.7. The van der Waals surface area contributed by atoms with Crippen molar-refractivity contribution in [2.75, 3.05) is 31.2 Å². The van der Waals surface area contributed by atoms with Crippen LogP contribution in [0.5, 0.6) is 5.75 Å². The molecular weight excluding hydrogens is 919 g/mol. The maximum Gasteiger partial charge on any atom is 0.327 e. The van der Waals surface area contributed by atoms with Gasteiger partial charge in [-0.1, -0.05) is 62.7 Å². The van der Waals surface area contributed by atoms with Crippen molar-refractivity contribution in [2.24, 2.45) is 11.7 Å². The molecule has 67 heavy (non-hydrogen) atoms. The molecule has 0 saturated carbocycles. The van der Waals surface area contributed by atoms with E-state index in [2.05, 4.69) is 67.8 Å². The van der Waals surface area contributed by atoms with Crippen LogP contribution in [0.3, 0.4) is 0 Å². The zero-order valence-corrected chi connectivity index (χ0v) is 38.5. The number of carbonyl (C=O) groups is 10. The van der Waals surface area contributed by atoms with E-state index in [0.29, 0.717) is 17.5 Å². The molecule has 0 spiro atoms. The molecule has 2 rings (SSSR count). The van der Waals surface area contributed by atoms with Crippen LogP contribution in [0.25, 0.3) is 0 Å². The number of phenols is 1. The number of aliphatic hydroxyl groups is 1. The smallest absolute Gasteiger partial charge is 0.327 e. The molecule has 0 aromatic heterocycles. The Kier molecular flexibility index (Phi) is 24.8. The first kappa shape index (κ1) is 56.7. The summed E-state index contributed by atoms with van der Waals surface area (Å²) in [5.41, 5.74) is 6.88. The van der Waals surface area contributed by atoms with E-state index in [4.69, 9.17) is 5.73 Å². The summed E-state index contributed by atoms with van der Waals surface area (Å²) in [4.78, 5) is 128. The number of nitrogens with one attached hydrogen (secondary N) is 8. The van der Waals surface area contributed by atoms with Gasteiger partial charge in [0.15, 0.2) is 0 Å². The van der Waals surface area contributed by atoms with Crippen molar-refractivity contribution in [3.63, 3.8) is 0 Å². The molecule has 0 saturated heterocycles. The van der Waals surface area contributed by atoms with Crippen LogP contribution in [0.1, 0.15) is 44.2 Å². The fourth-order valence-corrected chi connectivity index (χ4v) is 6.39. The third-order valence-corrected chi connectivity index (χ3v) is 10.8. The summed E-state index contributed by atoms with van der Waals surface area (Å²) in [6.45, 7) is 0.788. The van der Waals surface area contributed by atoms with Gasteiger partial charge in [-0.25, -0.2) is 4.79 Å². The Hall–Kier alpha value is -6.44. The number of hydrogen-bond acceptors (Lipinski definition) is 15. The molecule has 0 unspecified atom stereocenters. The predicted molar refractivity (Wildman–Crippen MR) is 246 cm³/mol. The van der Waals surface area contributed by atoms with Gasteiger partial charge in [-0.2, -0.15) is 25.3 Å². The van der Waals surface area contributed by atoms with Gasteiger partial charge in [-0.15, -0.1) is 0 Å². The number of aliphatic carboxylic acids is 2. The Morgan fingerprint density at radius 2 is 1.09 bits per heavy atom. The van der Waals surface area contributed by atoms with Crippen molar-refractivity contribution in [2.45, 2.75) is 88.2 Å². The normalized spacial score (nSPS) is 14.4. The number of amides is 8. The number of thiol groups is 2. The number of aromatic hydroxyl groups is 1. The lowest BCUT2D eigenvalue weighted by atomic mass is 9.97. The van der Waals surface area contributed by atoms with Crippen LogP contribution in [-0.2, 0) is 60.8 Å². The van der Waals surface area contributed by atoms with Crippen LogP contribution in [0, 0.1) is 5.92 Å². The van der Waals surface area contributed by atoms with E-state index in [1.165, 1.54) is 24.3 Å². The van der Waals surface area contributed by atoms with E-state index in [1.807, 2.05) is 0 Å². The molecule has 8 atom stereocenters. The van der Waals surface area contributed by atoms with Gasteiger partial charge in [0, 0.05) is 30.8 Å². The van der Waals surface area contributed by atoms with E-state index in [1.54, 1.807) is 44.2 Å². The minimum absolute atomic E-state index is 0.0439. The van der Waals surface area contributed by atoms with Crippen molar-refractivity contribution in [3.8, 4) is 5.75 Å². The zero-order chi connectivity index (χ0) is 50.2. The lowest BCUT2D eigenvalue weighted by Crippen LogP contribution is -2.59. The van der Waals surface area contributed by atoms with Gasteiger partial charge >= 0.3 is 11.9 Å². The number of phenolic OH excluding ortho intramolecular Hbond substituents is 1. The highest BCUT2D eigenvalue weighted by atomic mass is 32.1. The summed E-state index contributed by atoms with van der Waals surface area (Å²) in [7, 11) is 0. The Morgan fingerprint density at radius 1 is 0.597 bits per heavy atom. The number of carboxylic acids is 2. The van der Waals surface area contributed by atoms with Crippen LogP contribution in [0.15, 0.2) is 54.6 Å². The van der Waals surface area contributed by atoms with E-state index in [9.17, 15) is 68.4 Å². The third kappa shape index (κ3) is 20.3. The fourth-order valence-electron chi connectivity index (χ4n) is 5.97. The summed E-state index contributed by atoms with van der Waals surface area (Å²) in [5.74, 6) is -10.9. The molecule has 0 aliphatic heterocycles. The lowest BCUT2D eigenvalue weighted by molar-refractivity contribution is -0.141. The minimum Gasteiger partial charge on any atom is -0.508 e. The molecule has 2 aromatic carbocycles. The quantitative estimate of drug-likeness (QED) is 0.0352. The molecule has 2 aromatic rings. The van der Waals surface area contributed by atoms with Gasteiger partial charge in [0.2, 0.25) is 47.3 Å². The molecule has 0 radical (unpaired) electrons. The summed E-state index contributed by atoms with van der Waals surface area (Å²) in [6, 6.07) is 4.64. The Morgan fingerprint density at radius 3 is 1.61 bits per heavy atom. The van der Waals surface area contributed by atoms with Crippen LogP contribution < -0.4 is 48.3 Å². The second-order valence-corrected chi connectivity index (χ2v) is 15.9. The molecule has 23 nitrogen and oxygen atoms in total. The largest absolute Gasteiger partial charge is 0.508 e. The average Bonchev–Trinajstić information content (AvgIpc) is 3.30. The van der Waals surface area contributed by atoms with Crippen LogP contribution in [0.2, 0.25) is 0 Å². The number of carbonyl (C=O) groups excluding carboxylic acids is 8. The van der Waals surface area contributed by atoms with Gasteiger partial charge < -0.3 is 68.7 Å². The van der Waals surface area contributed by atoms with Gasteiger partial charge in [0.25, 0.3) is 0 Å². The first-order chi connectivity index (χ1) is 31.7. The van der Waals surface area contributed by atoms with E-state index in [0.717, 1.165) is 0 Å². The topological polar surface area (TPSA) is 374 Å². The van der Waals surface area contributed by atoms with E-state index < -0.39 is 140 Å². The highest BCUT2D eigenvalue weighted by molar-refractivity contribution is 7.80. The van der Waals surface area contributed by atoms with Gasteiger partial charge in [0.1, 0.15) is 42.0 Å². The van der Waals surface area contributed by atoms with Gasteiger partial charge in [0.05, 0.1) is 25.7 Å². The summed E-state index contributed by atoms with van der Waals surface area (Å²) < 4.78 is 0. The monoisotopic (exact) mass is 977 g/mol. The molecule has 368 valence electrons. The molecule has 0 heterocycles. The Balaban J connectivity index is 2.11. The fraction of sp³-hybridized carbons (Fsp3) is 0.476. The Bertz CT molecular complexity index is 2030. The Labute approximate surface area is 396 Å². The highest BCUT2D eigenvalue weighted by Gasteiger charge is 2.33. The predicted octanol–water partition coefficient (Wildman–Crippen LogP) is -3.51. The molecule has 0 aliphatic rings. The van der Waals surface area contributed by atoms with Crippen molar-refractivity contribution in [1.29, 1.82) is 0 Å². The summed E-state index contributed by atoms with van der Waals surface area (Å²) in [6.07, 6.45) is -0.928. The number of benzene rings is 2. The first-order valence-corrected chi connectivity index (χ1v) is 22.2. The minimum atomic E-state index is -1.74. The number of rotatable bonds is 29. The van der Waals surface area contributed by atoms with Crippen LogP contribution in [0.4, 0.5) is 0 Å².